The Balaban J connectivity index is 1.50. The maximum absolute atomic E-state index is 14.6. The number of benzene rings is 2. The molecule has 0 aliphatic heterocycles. The van der Waals surface area contributed by atoms with Crippen molar-refractivity contribution in [2.75, 3.05) is 6.54 Å². The van der Waals surface area contributed by atoms with E-state index in [-0.39, 0.29) is 18.7 Å². The van der Waals surface area contributed by atoms with Gasteiger partial charge in [-0.2, -0.15) is 5.10 Å². The lowest BCUT2D eigenvalue weighted by molar-refractivity contribution is 0.0117. The van der Waals surface area contributed by atoms with Gasteiger partial charge in [0.15, 0.2) is 0 Å². The number of rotatable bonds is 7. The van der Waals surface area contributed by atoms with E-state index in [0.29, 0.717) is 12.1 Å². The molecule has 0 bridgehead atoms. The van der Waals surface area contributed by atoms with Crippen LogP contribution in [0.5, 0.6) is 0 Å². The van der Waals surface area contributed by atoms with Crippen molar-refractivity contribution in [2.24, 2.45) is 0 Å². The van der Waals surface area contributed by atoms with Crippen molar-refractivity contribution in [3.05, 3.63) is 84.1 Å². The second-order valence-electron chi connectivity index (χ2n) is 9.41. The first kappa shape index (κ1) is 24.5. The van der Waals surface area contributed by atoms with Crippen LogP contribution >= 0.6 is 0 Å². The molecule has 4 rings (SSSR count). The van der Waals surface area contributed by atoms with E-state index in [1.807, 2.05) is 45.0 Å². The van der Waals surface area contributed by atoms with E-state index >= 15 is 0 Å². The molecule has 0 saturated carbocycles. The van der Waals surface area contributed by atoms with Gasteiger partial charge >= 0.3 is 6.09 Å². The maximum Gasteiger partial charge on any atom is 0.418 e. The van der Waals surface area contributed by atoms with Gasteiger partial charge in [-0.25, -0.2) is 23.2 Å². The summed E-state index contributed by atoms with van der Waals surface area (Å²) in [5.74, 6) is -1.58. The smallest absolute Gasteiger partial charge is 0.418 e. The first-order valence-electron chi connectivity index (χ1n) is 11.1. The molecule has 0 saturated heterocycles. The largest absolute Gasteiger partial charge is 0.443 e. The van der Waals surface area contributed by atoms with E-state index in [2.05, 4.69) is 15.4 Å². The molecule has 2 N–H and O–H groups in total. The monoisotopic (exact) mass is 483 g/mol. The number of nitrogens with one attached hydrogen (secondary N) is 1. The Morgan fingerprint density at radius 1 is 1.14 bits per heavy atom. The zero-order valence-electron chi connectivity index (χ0n) is 19.7. The highest BCUT2D eigenvalue weighted by atomic mass is 19.1. The van der Waals surface area contributed by atoms with E-state index in [1.165, 1.54) is 28.0 Å². The molecular formula is C25H27F2N5O3. The van der Waals surface area contributed by atoms with Crippen molar-refractivity contribution < 1.29 is 23.4 Å². The number of hydrogen-bond donors (Lipinski definition) is 2. The van der Waals surface area contributed by atoms with Crippen molar-refractivity contribution in [1.29, 1.82) is 0 Å². The molecule has 35 heavy (non-hydrogen) atoms. The lowest BCUT2D eigenvalue weighted by atomic mass is 9.92. The summed E-state index contributed by atoms with van der Waals surface area (Å²) in [6.45, 7) is 5.66. The molecule has 0 radical (unpaired) electrons. The zero-order chi connectivity index (χ0) is 25.2. The number of nitrogens with zero attached hydrogens (tertiary/aromatic N) is 4. The molecule has 0 aliphatic rings. The van der Waals surface area contributed by atoms with Crippen LogP contribution in [0.15, 0.2) is 61.3 Å². The Labute approximate surface area is 201 Å². The van der Waals surface area contributed by atoms with Crippen molar-refractivity contribution in [1.82, 2.24) is 24.6 Å². The Kier molecular flexibility index (Phi) is 6.68. The average Bonchev–Trinajstić information content (AvgIpc) is 3.41. The Morgan fingerprint density at radius 2 is 1.94 bits per heavy atom. The quantitative estimate of drug-likeness (QED) is 0.413. The fourth-order valence-electron chi connectivity index (χ4n) is 3.87. The predicted octanol–water partition coefficient (Wildman–Crippen LogP) is 3.97. The van der Waals surface area contributed by atoms with Crippen LogP contribution in [0.25, 0.3) is 10.9 Å². The summed E-state index contributed by atoms with van der Waals surface area (Å²) < 4.78 is 36.3. The molecule has 0 unspecified atom stereocenters. The van der Waals surface area contributed by atoms with Crippen LogP contribution in [-0.4, -0.2) is 42.7 Å². The van der Waals surface area contributed by atoms with Gasteiger partial charge in [-0.3, -0.25) is 4.57 Å². The summed E-state index contributed by atoms with van der Waals surface area (Å²) in [4.78, 5) is 16.3. The van der Waals surface area contributed by atoms with E-state index in [9.17, 15) is 18.7 Å². The van der Waals surface area contributed by atoms with Crippen LogP contribution in [-0.2, 0) is 23.4 Å². The summed E-state index contributed by atoms with van der Waals surface area (Å²) in [5.41, 5.74) is -0.770. The number of aliphatic hydroxyl groups is 1. The molecule has 2 heterocycles. The highest BCUT2D eigenvalue weighted by molar-refractivity contribution is 5.89. The third-order valence-corrected chi connectivity index (χ3v) is 5.41. The second kappa shape index (κ2) is 9.55. The van der Waals surface area contributed by atoms with Gasteiger partial charge in [0.1, 0.15) is 35.5 Å². The van der Waals surface area contributed by atoms with Gasteiger partial charge in [0.25, 0.3) is 0 Å². The van der Waals surface area contributed by atoms with Gasteiger partial charge in [0, 0.05) is 36.3 Å². The van der Waals surface area contributed by atoms with Crippen LogP contribution in [0.2, 0.25) is 0 Å². The van der Waals surface area contributed by atoms with Crippen LogP contribution in [0.1, 0.15) is 31.9 Å². The zero-order valence-corrected chi connectivity index (χ0v) is 19.7. The molecule has 2 aromatic heterocycles. The van der Waals surface area contributed by atoms with Crippen LogP contribution in [0.3, 0.4) is 0 Å². The van der Waals surface area contributed by atoms with Crippen LogP contribution in [0, 0.1) is 11.6 Å². The van der Waals surface area contributed by atoms with Crippen LogP contribution in [0.4, 0.5) is 13.6 Å². The highest BCUT2D eigenvalue weighted by Crippen LogP contribution is 2.26. The SMILES string of the molecule is CC(C)(C)OC(=O)n1ccc2cc(CNC[C@](O)(Cn3cncn3)c3ccc(F)cc3F)ccc21. The first-order chi connectivity index (χ1) is 16.5. The number of carbonyl (C=O) groups is 1. The minimum absolute atomic E-state index is 0.0353. The summed E-state index contributed by atoms with van der Waals surface area (Å²) in [7, 11) is 0. The maximum atomic E-state index is 14.6. The molecular weight excluding hydrogens is 456 g/mol. The van der Waals surface area contributed by atoms with Crippen LogP contribution < -0.4 is 5.32 Å². The predicted molar refractivity (Wildman–Crippen MR) is 126 cm³/mol. The Hall–Kier alpha value is -3.63. The molecule has 8 nitrogen and oxygen atoms in total. The number of ether oxygens (including phenoxy) is 1. The lowest BCUT2D eigenvalue weighted by Gasteiger charge is -2.29. The highest BCUT2D eigenvalue weighted by Gasteiger charge is 2.33. The Morgan fingerprint density at radius 3 is 2.63 bits per heavy atom. The van der Waals surface area contributed by atoms with E-state index in [0.717, 1.165) is 23.1 Å². The topological polar surface area (TPSA) is 94.2 Å². The summed E-state index contributed by atoms with van der Waals surface area (Å²) in [6, 6.07) is 10.5. The first-order valence-corrected chi connectivity index (χ1v) is 11.1. The summed E-state index contributed by atoms with van der Waals surface area (Å²) in [5, 5.41) is 19.4. The third kappa shape index (κ3) is 5.72. The van der Waals surface area contributed by atoms with Gasteiger partial charge in [0.05, 0.1) is 12.1 Å². The number of aromatic nitrogens is 4. The minimum Gasteiger partial charge on any atom is -0.443 e. The molecule has 0 amide bonds. The normalized spacial score (nSPS) is 13.7. The number of carbonyl (C=O) groups excluding carboxylic acids is 1. The van der Waals surface area contributed by atoms with Gasteiger partial charge in [-0.15, -0.1) is 0 Å². The van der Waals surface area contributed by atoms with Crippen molar-refractivity contribution >= 4 is 17.0 Å². The molecule has 1 atom stereocenters. The van der Waals surface area contributed by atoms with Gasteiger partial charge in [-0.05, 0) is 50.6 Å². The third-order valence-electron chi connectivity index (χ3n) is 5.41. The van der Waals surface area contributed by atoms with E-state index < -0.39 is 28.9 Å². The summed E-state index contributed by atoms with van der Waals surface area (Å²) in [6.07, 6.45) is 3.92. The molecule has 4 aromatic rings. The number of fused-ring (bicyclic) bond motifs is 1. The molecule has 0 aliphatic carbocycles. The minimum atomic E-state index is -1.71. The molecule has 0 fully saturated rings. The van der Waals surface area contributed by atoms with E-state index in [1.54, 1.807) is 6.20 Å². The number of halogens is 2. The Bertz CT molecular complexity index is 1330. The van der Waals surface area contributed by atoms with Crippen molar-refractivity contribution in [2.45, 2.75) is 45.1 Å². The van der Waals surface area contributed by atoms with E-state index in [4.69, 9.17) is 4.74 Å². The van der Waals surface area contributed by atoms with Gasteiger partial charge < -0.3 is 15.2 Å². The van der Waals surface area contributed by atoms with Crippen molar-refractivity contribution in [3.63, 3.8) is 0 Å². The molecule has 2 aromatic carbocycles. The average molecular weight is 484 g/mol. The fraction of sp³-hybridized carbons (Fsp3) is 0.320. The number of hydrogen-bond acceptors (Lipinski definition) is 6. The lowest BCUT2D eigenvalue weighted by Crippen LogP contribution is -2.42. The fourth-order valence-corrected chi connectivity index (χ4v) is 3.87. The standard InChI is InChI=1S/C25H27F2N5O3/c1-24(2,3)35-23(33)32-9-8-18-10-17(4-7-22(18)32)12-28-13-25(34,14-31-16-29-15-30-31)20-6-5-19(26)11-21(20)27/h4-11,15-16,28,34H,12-14H2,1-3H3/t25-/m0/s1. The van der Waals surface area contributed by atoms with Gasteiger partial charge in [0.2, 0.25) is 0 Å². The van der Waals surface area contributed by atoms with Gasteiger partial charge in [-0.1, -0.05) is 12.1 Å². The van der Waals surface area contributed by atoms with Crippen molar-refractivity contribution in [3.8, 4) is 0 Å². The summed E-state index contributed by atoms with van der Waals surface area (Å²) >= 11 is 0. The molecule has 0 spiro atoms. The second-order valence-corrected chi connectivity index (χ2v) is 9.41. The molecule has 10 heteroatoms. The molecule has 184 valence electrons.